The second kappa shape index (κ2) is 9.80. The molecule has 2 aromatic rings. The molecule has 1 fully saturated rings. The van der Waals surface area contributed by atoms with Crippen molar-refractivity contribution in [2.24, 2.45) is 0 Å². The van der Waals surface area contributed by atoms with E-state index in [9.17, 15) is 9.18 Å². The lowest BCUT2D eigenvalue weighted by Crippen LogP contribution is -2.48. The first-order chi connectivity index (χ1) is 14.5. The third-order valence-corrected chi connectivity index (χ3v) is 5.61. The van der Waals surface area contributed by atoms with Crippen molar-refractivity contribution in [3.8, 4) is 17.2 Å². The van der Waals surface area contributed by atoms with Crippen LogP contribution in [0.5, 0.6) is 17.2 Å². The van der Waals surface area contributed by atoms with E-state index in [1.807, 2.05) is 19.2 Å². The van der Waals surface area contributed by atoms with Crippen molar-refractivity contribution in [3.05, 3.63) is 53.3 Å². The Kier molecular flexibility index (Phi) is 7.15. The highest BCUT2D eigenvalue weighted by Crippen LogP contribution is 2.38. The van der Waals surface area contributed by atoms with E-state index in [2.05, 4.69) is 4.90 Å². The molecule has 0 spiro atoms. The minimum atomic E-state index is -0.193. The Morgan fingerprint density at radius 2 is 1.80 bits per heavy atom. The second-order valence-electron chi connectivity index (χ2n) is 7.45. The molecule has 7 heteroatoms. The quantitative estimate of drug-likeness (QED) is 0.691. The van der Waals surface area contributed by atoms with Crippen molar-refractivity contribution in [2.45, 2.75) is 25.4 Å². The van der Waals surface area contributed by atoms with Crippen LogP contribution in [0.1, 0.15) is 28.8 Å². The van der Waals surface area contributed by atoms with Gasteiger partial charge >= 0.3 is 0 Å². The molecule has 0 aliphatic carbocycles. The van der Waals surface area contributed by atoms with Gasteiger partial charge in [-0.05, 0) is 37.6 Å². The van der Waals surface area contributed by atoms with Gasteiger partial charge in [0.15, 0.2) is 11.5 Å². The second-order valence-corrected chi connectivity index (χ2v) is 7.45. The highest BCUT2D eigenvalue weighted by Gasteiger charge is 2.28. The van der Waals surface area contributed by atoms with Crippen LogP contribution in [0.4, 0.5) is 4.39 Å². The number of benzene rings is 2. The molecule has 2 aromatic carbocycles. The first kappa shape index (κ1) is 21.9. The Labute approximate surface area is 177 Å². The SMILES string of the molecule is COc1cc(C(=O)N(C)[C@@H]2CCCN(Cc3ccccc3F)C2)cc(OC)c1OC. The van der Waals surface area contributed by atoms with Crippen LogP contribution in [0.25, 0.3) is 0 Å². The highest BCUT2D eigenvalue weighted by molar-refractivity contribution is 5.95. The summed E-state index contributed by atoms with van der Waals surface area (Å²) in [4.78, 5) is 17.2. The van der Waals surface area contributed by atoms with Crippen molar-refractivity contribution in [2.75, 3.05) is 41.5 Å². The van der Waals surface area contributed by atoms with Crippen LogP contribution in [0.2, 0.25) is 0 Å². The van der Waals surface area contributed by atoms with E-state index in [-0.39, 0.29) is 17.8 Å². The normalized spacial score (nSPS) is 16.8. The molecule has 0 aromatic heterocycles. The molecule has 30 heavy (non-hydrogen) atoms. The average Bonchev–Trinajstić information content (AvgIpc) is 2.78. The third kappa shape index (κ3) is 4.67. The third-order valence-electron chi connectivity index (χ3n) is 5.61. The molecule has 6 nitrogen and oxygen atoms in total. The summed E-state index contributed by atoms with van der Waals surface area (Å²) in [7, 11) is 6.39. The molecular formula is C23H29FN2O4. The number of piperidine rings is 1. The maximum Gasteiger partial charge on any atom is 0.254 e. The number of rotatable bonds is 7. The Bertz CT molecular complexity index is 864. The van der Waals surface area contributed by atoms with Gasteiger partial charge in [-0.2, -0.15) is 0 Å². The van der Waals surface area contributed by atoms with Gasteiger partial charge in [0, 0.05) is 37.3 Å². The number of carbonyl (C=O) groups is 1. The van der Waals surface area contributed by atoms with E-state index in [0.29, 0.717) is 41.5 Å². The summed E-state index contributed by atoms with van der Waals surface area (Å²) in [6, 6.07) is 10.2. The topological polar surface area (TPSA) is 51.2 Å². The van der Waals surface area contributed by atoms with Gasteiger partial charge in [0.05, 0.1) is 21.3 Å². The molecule has 0 saturated carbocycles. The molecule has 1 saturated heterocycles. The predicted octanol–water partition coefficient (Wildman–Crippen LogP) is 3.59. The van der Waals surface area contributed by atoms with Gasteiger partial charge in [-0.3, -0.25) is 9.69 Å². The summed E-state index contributed by atoms with van der Waals surface area (Å²) in [5.74, 6) is 1.03. The monoisotopic (exact) mass is 416 g/mol. The lowest BCUT2D eigenvalue weighted by Gasteiger charge is -2.37. The van der Waals surface area contributed by atoms with Crippen molar-refractivity contribution >= 4 is 5.91 Å². The zero-order valence-electron chi connectivity index (χ0n) is 18.0. The molecule has 1 amide bonds. The number of methoxy groups -OCH3 is 3. The summed E-state index contributed by atoms with van der Waals surface area (Å²) < 4.78 is 30.1. The van der Waals surface area contributed by atoms with Gasteiger partial charge in [0.2, 0.25) is 5.75 Å². The molecule has 0 N–H and O–H groups in total. The zero-order chi connectivity index (χ0) is 21.7. The number of amides is 1. The fourth-order valence-electron chi connectivity index (χ4n) is 3.93. The summed E-state index contributed by atoms with van der Waals surface area (Å²) in [6.07, 6.45) is 1.85. The van der Waals surface area contributed by atoms with Gasteiger partial charge in [0.1, 0.15) is 5.82 Å². The standard InChI is InChI=1S/C23H29FN2O4/c1-25(23(27)17-12-20(28-2)22(30-4)21(13-17)29-3)18-9-7-11-26(15-18)14-16-8-5-6-10-19(16)24/h5-6,8,10,12-13,18H,7,9,11,14-15H2,1-4H3/t18-/m1/s1. The molecule has 162 valence electrons. The van der Waals surface area contributed by atoms with E-state index >= 15 is 0 Å². The first-order valence-corrected chi connectivity index (χ1v) is 10.0. The molecule has 1 aliphatic rings. The van der Waals surface area contributed by atoms with Crippen molar-refractivity contribution in [1.29, 1.82) is 0 Å². The number of hydrogen-bond acceptors (Lipinski definition) is 5. The number of ether oxygens (including phenoxy) is 3. The molecule has 1 heterocycles. The zero-order valence-corrected chi connectivity index (χ0v) is 18.0. The number of nitrogens with zero attached hydrogens (tertiary/aromatic N) is 2. The fraction of sp³-hybridized carbons (Fsp3) is 0.435. The van der Waals surface area contributed by atoms with Crippen LogP contribution in [0.3, 0.4) is 0 Å². The minimum absolute atomic E-state index is 0.0390. The largest absolute Gasteiger partial charge is 0.493 e. The van der Waals surface area contributed by atoms with Crippen LogP contribution in [0.15, 0.2) is 36.4 Å². The van der Waals surface area contributed by atoms with E-state index in [1.54, 1.807) is 23.1 Å². The van der Waals surface area contributed by atoms with Crippen LogP contribution < -0.4 is 14.2 Å². The first-order valence-electron chi connectivity index (χ1n) is 10.0. The molecule has 1 atom stereocenters. The molecule has 0 unspecified atom stereocenters. The van der Waals surface area contributed by atoms with Gasteiger partial charge in [-0.1, -0.05) is 18.2 Å². The van der Waals surface area contributed by atoms with Crippen molar-refractivity contribution in [3.63, 3.8) is 0 Å². The number of likely N-dealkylation sites (tertiary alicyclic amines) is 1. The Hall–Kier alpha value is -2.80. The smallest absolute Gasteiger partial charge is 0.254 e. The highest BCUT2D eigenvalue weighted by atomic mass is 19.1. The summed E-state index contributed by atoms with van der Waals surface area (Å²) in [6.45, 7) is 2.12. The molecule has 0 bridgehead atoms. The van der Waals surface area contributed by atoms with E-state index in [1.165, 1.54) is 27.4 Å². The fourth-order valence-corrected chi connectivity index (χ4v) is 3.93. The Balaban J connectivity index is 1.75. The van der Waals surface area contributed by atoms with Crippen LogP contribution in [-0.2, 0) is 6.54 Å². The summed E-state index contributed by atoms with van der Waals surface area (Å²) in [5, 5.41) is 0. The molecule has 3 rings (SSSR count). The van der Waals surface area contributed by atoms with E-state index in [0.717, 1.165) is 19.4 Å². The summed E-state index contributed by atoms with van der Waals surface area (Å²) in [5.41, 5.74) is 1.15. The molecular weight excluding hydrogens is 387 g/mol. The van der Waals surface area contributed by atoms with Gasteiger partial charge in [-0.25, -0.2) is 4.39 Å². The summed E-state index contributed by atoms with van der Waals surface area (Å²) >= 11 is 0. The maximum atomic E-state index is 14.0. The average molecular weight is 416 g/mol. The van der Waals surface area contributed by atoms with Gasteiger partial charge < -0.3 is 19.1 Å². The van der Waals surface area contributed by atoms with Crippen molar-refractivity contribution in [1.82, 2.24) is 9.80 Å². The van der Waals surface area contributed by atoms with Crippen LogP contribution in [-0.4, -0.2) is 63.2 Å². The van der Waals surface area contributed by atoms with Gasteiger partial charge in [0.25, 0.3) is 5.91 Å². The lowest BCUT2D eigenvalue weighted by molar-refractivity contribution is 0.0607. The van der Waals surface area contributed by atoms with Crippen molar-refractivity contribution < 1.29 is 23.4 Å². The number of carbonyl (C=O) groups excluding carboxylic acids is 1. The molecule has 1 aliphatic heterocycles. The Morgan fingerprint density at radius 3 is 2.40 bits per heavy atom. The van der Waals surface area contributed by atoms with Crippen LogP contribution in [0, 0.1) is 5.82 Å². The predicted molar refractivity (Wildman–Crippen MR) is 113 cm³/mol. The lowest BCUT2D eigenvalue weighted by atomic mass is 10.0. The number of hydrogen-bond donors (Lipinski definition) is 0. The number of halogens is 1. The van der Waals surface area contributed by atoms with Gasteiger partial charge in [-0.15, -0.1) is 0 Å². The number of likely N-dealkylation sites (N-methyl/N-ethyl adjacent to an activating group) is 1. The molecule has 0 radical (unpaired) electrons. The van der Waals surface area contributed by atoms with Crippen LogP contribution >= 0.6 is 0 Å². The van der Waals surface area contributed by atoms with E-state index < -0.39 is 0 Å². The Morgan fingerprint density at radius 1 is 1.13 bits per heavy atom. The van der Waals surface area contributed by atoms with E-state index in [4.69, 9.17) is 14.2 Å². The minimum Gasteiger partial charge on any atom is -0.493 e. The maximum absolute atomic E-state index is 14.0.